The average Bonchev–Trinajstić information content (AvgIpc) is 2.53. The van der Waals surface area contributed by atoms with Gasteiger partial charge in [0.2, 0.25) is 0 Å². The maximum absolute atomic E-state index is 12.1. The number of aromatic nitrogens is 1. The Labute approximate surface area is 123 Å². The highest BCUT2D eigenvalue weighted by Gasteiger charge is 2.08. The van der Waals surface area contributed by atoms with Crippen LogP contribution in [-0.4, -0.2) is 17.4 Å². The minimum Gasteiger partial charge on any atom is -0.485 e. The van der Waals surface area contributed by atoms with Crippen molar-refractivity contribution >= 4 is 16.7 Å². The van der Waals surface area contributed by atoms with Crippen LogP contribution >= 0.6 is 0 Å². The number of benzene rings is 2. The van der Waals surface area contributed by atoms with Gasteiger partial charge >= 0.3 is 0 Å². The maximum Gasteiger partial charge on any atom is 0.200 e. The Bertz CT molecular complexity index is 773. The molecule has 0 N–H and O–H groups in total. The van der Waals surface area contributed by atoms with Gasteiger partial charge in [-0.1, -0.05) is 35.9 Å². The van der Waals surface area contributed by atoms with E-state index < -0.39 is 0 Å². The lowest BCUT2D eigenvalue weighted by molar-refractivity contribution is 0.0922. The van der Waals surface area contributed by atoms with E-state index in [4.69, 9.17) is 4.74 Å². The molecule has 0 saturated carbocycles. The molecule has 0 atom stereocenters. The molecule has 0 unspecified atom stereocenters. The fourth-order valence-corrected chi connectivity index (χ4v) is 2.17. The summed E-state index contributed by atoms with van der Waals surface area (Å²) in [5.74, 6) is 0.650. The third-order valence-electron chi connectivity index (χ3n) is 3.34. The van der Waals surface area contributed by atoms with E-state index in [-0.39, 0.29) is 12.4 Å². The molecule has 0 aliphatic carbocycles. The number of hydrogen-bond acceptors (Lipinski definition) is 3. The summed E-state index contributed by atoms with van der Waals surface area (Å²) in [5.41, 5.74) is 2.66. The summed E-state index contributed by atoms with van der Waals surface area (Å²) in [4.78, 5) is 16.4. The van der Waals surface area contributed by atoms with E-state index in [1.54, 1.807) is 6.20 Å². The smallest absolute Gasteiger partial charge is 0.200 e. The molecule has 0 fully saturated rings. The number of ketones is 1. The van der Waals surface area contributed by atoms with Gasteiger partial charge in [-0.25, -0.2) is 0 Å². The quantitative estimate of drug-likeness (QED) is 0.681. The number of Topliss-reactive ketones (excluding diaryl/α,β-unsaturated/α-hetero) is 1. The van der Waals surface area contributed by atoms with Gasteiger partial charge in [0.1, 0.15) is 5.75 Å². The Morgan fingerprint density at radius 2 is 1.86 bits per heavy atom. The molecule has 0 saturated heterocycles. The summed E-state index contributed by atoms with van der Waals surface area (Å²) >= 11 is 0. The minimum atomic E-state index is -0.0316. The molecule has 3 nitrogen and oxygen atoms in total. The third kappa shape index (κ3) is 2.92. The molecule has 0 aliphatic rings. The molecule has 3 aromatic rings. The van der Waals surface area contributed by atoms with Crippen molar-refractivity contribution in [3.63, 3.8) is 0 Å². The summed E-state index contributed by atoms with van der Waals surface area (Å²) in [7, 11) is 0. The molecule has 3 heteroatoms. The molecule has 2 aromatic carbocycles. The van der Waals surface area contributed by atoms with Gasteiger partial charge in [0, 0.05) is 17.1 Å². The van der Waals surface area contributed by atoms with Crippen molar-refractivity contribution in [2.45, 2.75) is 6.92 Å². The number of nitrogens with zero attached hydrogens (tertiary/aromatic N) is 1. The zero-order valence-electron chi connectivity index (χ0n) is 11.7. The van der Waals surface area contributed by atoms with Gasteiger partial charge < -0.3 is 4.74 Å². The monoisotopic (exact) mass is 277 g/mol. The zero-order valence-corrected chi connectivity index (χ0v) is 11.7. The van der Waals surface area contributed by atoms with Gasteiger partial charge in [-0.3, -0.25) is 9.78 Å². The van der Waals surface area contributed by atoms with Crippen molar-refractivity contribution in [2.24, 2.45) is 0 Å². The Hall–Kier alpha value is -2.68. The first-order valence-electron chi connectivity index (χ1n) is 6.80. The van der Waals surface area contributed by atoms with Gasteiger partial charge in [0.25, 0.3) is 0 Å². The van der Waals surface area contributed by atoms with E-state index >= 15 is 0 Å². The second-order valence-corrected chi connectivity index (χ2v) is 4.90. The van der Waals surface area contributed by atoms with Crippen LogP contribution in [0.3, 0.4) is 0 Å². The Balaban J connectivity index is 1.77. The van der Waals surface area contributed by atoms with Crippen LogP contribution in [-0.2, 0) is 0 Å². The number of ether oxygens (including phenoxy) is 1. The number of carbonyl (C=O) groups excluding carboxylic acids is 1. The highest BCUT2D eigenvalue weighted by atomic mass is 16.5. The van der Waals surface area contributed by atoms with Crippen molar-refractivity contribution in [3.05, 3.63) is 71.9 Å². The predicted molar refractivity (Wildman–Crippen MR) is 82.7 cm³/mol. The highest BCUT2D eigenvalue weighted by molar-refractivity contribution is 5.97. The van der Waals surface area contributed by atoms with Crippen molar-refractivity contribution in [2.75, 3.05) is 6.61 Å². The Morgan fingerprint density at radius 1 is 1.05 bits per heavy atom. The molecular formula is C18H15NO2. The molecule has 104 valence electrons. The maximum atomic E-state index is 12.1. The molecule has 0 spiro atoms. The van der Waals surface area contributed by atoms with Crippen molar-refractivity contribution in [3.8, 4) is 5.75 Å². The van der Waals surface area contributed by atoms with E-state index in [0.29, 0.717) is 11.3 Å². The number of aryl methyl sites for hydroxylation is 1. The predicted octanol–water partition coefficient (Wildman–Crippen LogP) is 3.80. The largest absolute Gasteiger partial charge is 0.485 e. The molecule has 1 heterocycles. The summed E-state index contributed by atoms with van der Waals surface area (Å²) in [6, 6.07) is 16.9. The number of rotatable bonds is 4. The SMILES string of the molecule is Cc1ccc(C(=O)COc2cccc3ncccc23)cc1. The molecule has 21 heavy (non-hydrogen) atoms. The molecule has 0 amide bonds. The average molecular weight is 277 g/mol. The first-order chi connectivity index (χ1) is 10.2. The lowest BCUT2D eigenvalue weighted by Crippen LogP contribution is -2.11. The lowest BCUT2D eigenvalue weighted by Gasteiger charge is -2.08. The standard InChI is InChI=1S/C18H15NO2/c1-13-7-9-14(10-8-13)17(20)12-21-18-6-2-5-16-15(18)4-3-11-19-16/h2-11H,12H2,1H3. The van der Waals surface area contributed by atoms with E-state index in [1.807, 2.05) is 61.5 Å². The molecule has 0 bridgehead atoms. The van der Waals surface area contributed by atoms with E-state index in [9.17, 15) is 4.79 Å². The van der Waals surface area contributed by atoms with Crippen LogP contribution < -0.4 is 4.74 Å². The second-order valence-electron chi connectivity index (χ2n) is 4.90. The topological polar surface area (TPSA) is 39.2 Å². The number of carbonyl (C=O) groups is 1. The van der Waals surface area contributed by atoms with Gasteiger partial charge in [-0.2, -0.15) is 0 Å². The Morgan fingerprint density at radius 3 is 2.67 bits per heavy atom. The van der Waals surface area contributed by atoms with Gasteiger partial charge in [0.05, 0.1) is 5.52 Å². The van der Waals surface area contributed by atoms with Crippen LogP contribution in [0.1, 0.15) is 15.9 Å². The first-order valence-corrected chi connectivity index (χ1v) is 6.80. The summed E-state index contributed by atoms with van der Waals surface area (Å²) < 4.78 is 5.68. The molecule has 0 radical (unpaired) electrons. The number of fused-ring (bicyclic) bond motifs is 1. The van der Waals surface area contributed by atoms with Crippen LogP contribution in [0.5, 0.6) is 5.75 Å². The fourth-order valence-electron chi connectivity index (χ4n) is 2.17. The van der Waals surface area contributed by atoms with E-state index in [2.05, 4.69) is 4.98 Å². The minimum absolute atomic E-state index is 0.0249. The zero-order chi connectivity index (χ0) is 14.7. The molecule has 0 aliphatic heterocycles. The van der Waals surface area contributed by atoms with E-state index in [0.717, 1.165) is 16.5 Å². The van der Waals surface area contributed by atoms with Crippen molar-refractivity contribution in [1.82, 2.24) is 4.98 Å². The van der Waals surface area contributed by atoms with Crippen LogP contribution in [0.15, 0.2) is 60.8 Å². The lowest BCUT2D eigenvalue weighted by atomic mass is 10.1. The fraction of sp³-hybridized carbons (Fsp3) is 0.111. The summed E-state index contributed by atoms with van der Waals surface area (Å²) in [6.45, 7) is 2.02. The second kappa shape index (κ2) is 5.75. The van der Waals surface area contributed by atoms with Crippen LogP contribution in [0.2, 0.25) is 0 Å². The van der Waals surface area contributed by atoms with Gasteiger partial charge in [-0.05, 0) is 31.2 Å². The molecule has 1 aromatic heterocycles. The van der Waals surface area contributed by atoms with Crippen molar-refractivity contribution in [1.29, 1.82) is 0 Å². The van der Waals surface area contributed by atoms with E-state index in [1.165, 1.54) is 0 Å². The third-order valence-corrected chi connectivity index (χ3v) is 3.34. The van der Waals surface area contributed by atoms with Crippen molar-refractivity contribution < 1.29 is 9.53 Å². The Kier molecular flexibility index (Phi) is 3.65. The van der Waals surface area contributed by atoms with Crippen LogP contribution in [0, 0.1) is 6.92 Å². The highest BCUT2D eigenvalue weighted by Crippen LogP contribution is 2.23. The first kappa shape index (κ1) is 13.3. The summed E-state index contributed by atoms with van der Waals surface area (Å²) in [5, 5.41) is 0.914. The summed E-state index contributed by atoms with van der Waals surface area (Å²) in [6.07, 6.45) is 1.74. The number of pyridine rings is 1. The van der Waals surface area contributed by atoms with Crippen LogP contribution in [0.25, 0.3) is 10.9 Å². The van der Waals surface area contributed by atoms with Crippen LogP contribution in [0.4, 0.5) is 0 Å². The number of hydrogen-bond donors (Lipinski definition) is 0. The molecule has 3 rings (SSSR count). The van der Waals surface area contributed by atoms with Gasteiger partial charge in [-0.15, -0.1) is 0 Å². The molecular weight excluding hydrogens is 262 g/mol. The normalized spacial score (nSPS) is 10.5. The van der Waals surface area contributed by atoms with Gasteiger partial charge in [0.15, 0.2) is 12.4 Å².